The van der Waals surface area contributed by atoms with Gasteiger partial charge < -0.3 is 9.32 Å². The Labute approximate surface area is 152 Å². The number of amides is 1. The minimum Gasteiger partial charge on any atom is -0.467 e. The van der Waals surface area contributed by atoms with E-state index in [-0.39, 0.29) is 22.8 Å². The second-order valence-electron chi connectivity index (χ2n) is 5.29. The van der Waals surface area contributed by atoms with Crippen LogP contribution >= 0.6 is 22.9 Å². The van der Waals surface area contributed by atoms with Gasteiger partial charge in [0.25, 0.3) is 11.6 Å². The number of furan rings is 1. The topological polar surface area (TPSA) is 76.6 Å². The summed E-state index contributed by atoms with van der Waals surface area (Å²) in [7, 11) is 0. The molecule has 1 aromatic carbocycles. The number of halogens is 1. The molecule has 0 saturated heterocycles. The summed E-state index contributed by atoms with van der Waals surface area (Å²) in [5.41, 5.74) is 0.880. The number of thiophene rings is 1. The number of nitro benzene ring substituents is 1. The van der Waals surface area contributed by atoms with E-state index in [9.17, 15) is 14.9 Å². The zero-order chi connectivity index (χ0) is 17.8. The minimum atomic E-state index is -0.553. The molecule has 0 aliphatic heterocycles. The molecule has 0 atom stereocenters. The fraction of sp³-hybridized carbons (Fsp3) is 0.118. The van der Waals surface area contributed by atoms with Crippen molar-refractivity contribution < 1.29 is 14.1 Å². The van der Waals surface area contributed by atoms with Gasteiger partial charge in [0.15, 0.2) is 0 Å². The Morgan fingerprint density at radius 3 is 2.76 bits per heavy atom. The van der Waals surface area contributed by atoms with E-state index in [0.717, 1.165) is 5.56 Å². The predicted octanol–water partition coefficient (Wildman–Crippen LogP) is 4.75. The SMILES string of the molecule is O=C(c1cc([N+](=O)[O-])ccc1Cl)N(Cc1ccsc1)Cc1ccco1. The molecule has 0 aliphatic rings. The number of rotatable bonds is 6. The molecular weight excluding hydrogens is 364 g/mol. The van der Waals surface area contributed by atoms with Crippen molar-refractivity contribution in [3.8, 4) is 0 Å². The second kappa shape index (κ2) is 7.50. The van der Waals surface area contributed by atoms with Gasteiger partial charge in [-0.05, 0) is 40.6 Å². The van der Waals surface area contributed by atoms with Crippen molar-refractivity contribution >= 4 is 34.5 Å². The molecule has 3 aromatic rings. The molecule has 8 heteroatoms. The first-order valence-electron chi connectivity index (χ1n) is 7.31. The number of carbonyl (C=O) groups excluding carboxylic acids is 1. The molecule has 0 saturated carbocycles. The van der Waals surface area contributed by atoms with E-state index in [1.807, 2.05) is 16.8 Å². The van der Waals surface area contributed by atoms with Gasteiger partial charge in [0.2, 0.25) is 0 Å². The van der Waals surface area contributed by atoms with E-state index >= 15 is 0 Å². The number of benzene rings is 1. The van der Waals surface area contributed by atoms with Crippen LogP contribution < -0.4 is 0 Å². The highest BCUT2D eigenvalue weighted by Gasteiger charge is 2.22. The van der Waals surface area contributed by atoms with Crippen LogP contribution in [0.25, 0.3) is 0 Å². The van der Waals surface area contributed by atoms with Crippen molar-refractivity contribution in [1.29, 1.82) is 0 Å². The van der Waals surface area contributed by atoms with Crippen molar-refractivity contribution in [2.45, 2.75) is 13.1 Å². The summed E-state index contributed by atoms with van der Waals surface area (Å²) < 4.78 is 5.33. The van der Waals surface area contributed by atoms with Gasteiger partial charge >= 0.3 is 0 Å². The lowest BCUT2D eigenvalue weighted by atomic mass is 10.1. The highest BCUT2D eigenvalue weighted by molar-refractivity contribution is 7.07. The van der Waals surface area contributed by atoms with Crippen LogP contribution in [0.4, 0.5) is 5.69 Å². The Morgan fingerprint density at radius 2 is 2.12 bits per heavy atom. The Balaban J connectivity index is 1.93. The van der Waals surface area contributed by atoms with Gasteiger partial charge in [-0.15, -0.1) is 0 Å². The van der Waals surface area contributed by atoms with Gasteiger partial charge in [0.05, 0.1) is 28.3 Å². The second-order valence-corrected chi connectivity index (χ2v) is 6.48. The Hall–Kier alpha value is -2.64. The maximum Gasteiger partial charge on any atom is 0.270 e. The van der Waals surface area contributed by atoms with E-state index < -0.39 is 10.8 Å². The molecule has 0 fully saturated rings. The first-order valence-corrected chi connectivity index (χ1v) is 8.63. The average molecular weight is 377 g/mol. The van der Waals surface area contributed by atoms with Crippen molar-refractivity contribution in [3.63, 3.8) is 0 Å². The molecule has 0 spiro atoms. The summed E-state index contributed by atoms with van der Waals surface area (Å²) in [6.45, 7) is 0.586. The van der Waals surface area contributed by atoms with Crippen LogP contribution in [0.5, 0.6) is 0 Å². The summed E-state index contributed by atoms with van der Waals surface area (Å²) in [5.74, 6) is 0.224. The van der Waals surface area contributed by atoms with Gasteiger partial charge in [0.1, 0.15) is 5.76 Å². The van der Waals surface area contributed by atoms with Gasteiger partial charge in [0, 0.05) is 18.7 Å². The minimum absolute atomic E-state index is 0.0950. The van der Waals surface area contributed by atoms with Gasteiger partial charge in [-0.3, -0.25) is 14.9 Å². The molecule has 0 N–H and O–H groups in total. The van der Waals surface area contributed by atoms with Crippen LogP contribution in [0.3, 0.4) is 0 Å². The average Bonchev–Trinajstić information content (AvgIpc) is 3.27. The van der Waals surface area contributed by atoms with Crippen LogP contribution in [0.15, 0.2) is 57.8 Å². The molecule has 128 valence electrons. The van der Waals surface area contributed by atoms with E-state index in [1.54, 1.807) is 17.0 Å². The normalized spacial score (nSPS) is 10.6. The molecule has 2 aromatic heterocycles. The first-order chi connectivity index (χ1) is 12.0. The summed E-state index contributed by atoms with van der Waals surface area (Å²) in [5, 5.41) is 15.0. The molecular formula is C17H13ClN2O4S. The summed E-state index contributed by atoms with van der Waals surface area (Å²) in [6.07, 6.45) is 1.53. The van der Waals surface area contributed by atoms with E-state index in [1.165, 1.54) is 35.8 Å². The maximum atomic E-state index is 13.0. The standard InChI is InChI=1S/C17H13ClN2O4S/c18-16-4-3-13(20(22)23)8-15(16)17(21)19(9-12-5-7-25-11-12)10-14-2-1-6-24-14/h1-8,11H,9-10H2. The van der Waals surface area contributed by atoms with Gasteiger partial charge in [-0.25, -0.2) is 0 Å². The highest BCUT2D eigenvalue weighted by Crippen LogP contribution is 2.25. The van der Waals surface area contributed by atoms with Crippen LogP contribution in [-0.2, 0) is 13.1 Å². The molecule has 3 rings (SSSR count). The lowest BCUT2D eigenvalue weighted by Gasteiger charge is -2.22. The summed E-state index contributed by atoms with van der Waals surface area (Å²) in [4.78, 5) is 25.0. The monoisotopic (exact) mass is 376 g/mol. The molecule has 2 heterocycles. The van der Waals surface area contributed by atoms with Crippen LogP contribution in [0.2, 0.25) is 5.02 Å². The maximum absolute atomic E-state index is 13.0. The molecule has 0 radical (unpaired) electrons. The van der Waals surface area contributed by atoms with Crippen molar-refractivity contribution in [3.05, 3.63) is 85.4 Å². The third kappa shape index (κ3) is 4.07. The molecule has 0 bridgehead atoms. The largest absolute Gasteiger partial charge is 0.467 e. The molecule has 6 nitrogen and oxygen atoms in total. The molecule has 0 aliphatic carbocycles. The Bertz CT molecular complexity index is 842. The molecule has 1 amide bonds. The van der Waals surface area contributed by atoms with Crippen molar-refractivity contribution in [1.82, 2.24) is 4.90 Å². The highest BCUT2D eigenvalue weighted by atomic mass is 35.5. The van der Waals surface area contributed by atoms with Gasteiger partial charge in [-0.2, -0.15) is 11.3 Å². The number of hydrogen-bond donors (Lipinski definition) is 0. The zero-order valence-corrected chi connectivity index (χ0v) is 14.5. The Morgan fingerprint density at radius 1 is 1.28 bits per heavy atom. The number of carbonyl (C=O) groups is 1. The number of hydrogen-bond acceptors (Lipinski definition) is 5. The quantitative estimate of drug-likeness (QED) is 0.459. The molecule has 25 heavy (non-hydrogen) atoms. The predicted molar refractivity (Wildman–Crippen MR) is 94.7 cm³/mol. The number of nitro groups is 1. The lowest BCUT2D eigenvalue weighted by molar-refractivity contribution is -0.384. The lowest BCUT2D eigenvalue weighted by Crippen LogP contribution is -2.30. The van der Waals surface area contributed by atoms with Crippen LogP contribution in [0.1, 0.15) is 21.7 Å². The molecule has 0 unspecified atom stereocenters. The van der Waals surface area contributed by atoms with Crippen molar-refractivity contribution in [2.24, 2.45) is 0 Å². The fourth-order valence-corrected chi connectivity index (χ4v) is 3.21. The fourth-order valence-electron chi connectivity index (χ4n) is 2.35. The van der Waals surface area contributed by atoms with Crippen LogP contribution in [-0.4, -0.2) is 15.7 Å². The smallest absolute Gasteiger partial charge is 0.270 e. The number of non-ortho nitro benzene ring substituents is 1. The number of nitrogens with zero attached hydrogens (tertiary/aromatic N) is 2. The third-order valence-corrected chi connectivity index (χ3v) is 4.62. The third-order valence-electron chi connectivity index (χ3n) is 3.56. The van der Waals surface area contributed by atoms with E-state index in [2.05, 4.69) is 0 Å². The van der Waals surface area contributed by atoms with E-state index in [4.69, 9.17) is 16.0 Å². The van der Waals surface area contributed by atoms with E-state index in [0.29, 0.717) is 12.3 Å². The summed E-state index contributed by atoms with van der Waals surface area (Å²) in [6, 6.07) is 9.26. The zero-order valence-electron chi connectivity index (χ0n) is 12.9. The van der Waals surface area contributed by atoms with Gasteiger partial charge in [-0.1, -0.05) is 11.6 Å². The summed E-state index contributed by atoms with van der Waals surface area (Å²) >= 11 is 7.64. The Kier molecular flexibility index (Phi) is 5.16. The van der Waals surface area contributed by atoms with Crippen molar-refractivity contribution in [2.75, 3.05) is 0 Å². The first kappa shape index (κ1) is 17.2. The van der Waals surface area contributed by atoms with Crippen LogP contribution in [0, 0.1) is 10.1 Å².